The fourth-order valence-corrected chi connectivity index (χ4v) is 3.84. The molecule has 0 radical (unpaired) electrons. The van der Waals surface area contributed by atoms with E-state index in [4.69, 9.17) is 21.0 Å². The molecule has 1 aromatic heterocycles. The molecule has 1 saturated heterocycles. The van der Waals surface area contributed by atoms with Crippen molar-refractivity contribution >= 4 is 48.0 Å². The van der Waals surface area contributed by atoms with E-state index in [1.807, 2.05) is 7.05 Å². The standard InChI is InChI=1S/C19H23N7.2ClH/c1-22-14-5-6-26(11-14)18-16-3-2-4-17(16)24-19(25-18)23-15-8-12(10-20)7-13(21)9-15;;/h7-9,14,22H,2-6,11,21H2,1H3,(H,23,24,25);2*1H/t14-;;/m0../s1. The first-order valence-electron chi connectivity index (χ1n) is 9.06. The lowest BCUT2D eigenvalue weighted by molar-refractivity contribution is 0.616. The van der Waals surface area contributed by atoms with Crippen molar-refractivity contribution in [3.05, 3.63) is 35.0 Å². The molecule has 1 atom stereocenters. The predicted octanol–water partition coefficient (Wildman–Crippen LogP) is 2.80. The Morgan fingerprint density at radius 3 is 2.75 bits per heavy atom. The first kappa shape index (κ1) is 22.0. The summed E-state index contributed by atoms with van der Waals surface area (Å²) in [6, 6.07) is 7.85. The largest absolute Gasteiger partial charge is 0.399 e. The molecule has 7 nitrogen and oxygen atoms in total. The number of hydrogen-bond acceptors (Lipinski definition) is 7. The third-order valence-corrected chi connectivity index (χ3v) is 5.15. The molecule has 2 aromatic rings. The van der Waals surface area contributed by atoms with E-state index < -0.39 is 0 Å². The molecule has 2 aliphatic rings. The number of nitrogens with one attached hydrogen (secondary N) is 2. The quantitative estimate of drug-likeness (QED) is 0.651. The van der Waals surface area contributed by atoms with Crippen LogP contribution in [-0.2, 0) is 12.8 Å². The Bertz CT molecular complexity index is 881. The van der Waals surface area contributed by atoms with Gasteiger partial charge in [-0.2, -0.15) is 10.2 Å². The number of aryl methyl sites for hydroxylation is 1. The van der Waals surface area contributed by atoms with Crippen LogP contribution in [0.1, 0.15) is 29.7 Å². The van der Waals surface area contributed by atoms with Crippen LogP contribution in [0.5, 0.6) is 0 Å². The highest BCUT2D eigenvalue weighted by molar-refractivity contribution is 5.85. The second kappa shape index (κ2) is 9.28. The van der Waals surface area contributed by atoms with Crippen molar-refractivity contribution in [3.8, 4) is 6.07 Å². The van der Waals surface area contributed by atoms with Gasteiger partial charge in [0, 0.05) is 36.1 Å². The summed E-state index contributed by atoms with van der Waals surface area (Å²) in [4.78, 5) is 11.9. The molecule has 150 valence electrons. The summed E-state index contributed by atoms with van der Waals surface area (Å²) in [6.07, 6.45) is 4.28. The van der Waals surface area contributed by atoms with E-state index in [1.165, 1.54) is 5.56 Å². The third kappa shape index (κ3) is 4.41. The number of aromatic nitrogens is 2. The Kier molecular flexibility index (Phi) is 7.30. The number of nitrogens with zero attached hydrogens (tertiary/aromatic N) is 4. The monoisotopic (exact) mass is 421 g/mol. The van der Waals surface area contributed by atoms with Crippen molar-refractivity contribution in [1.29, 1.82) is 5.26 Å². The maximum Gasteiger partial charge on any atom is 0.229 e. The van der Waals surface area contributed by atoms with Crippen molar-refractivity contribution in [3.63, 3.8) is 0 Å². The van der Waals surface area contributed by atoms with Crippen LogP contribution < -0.4 is 21.3 Å². The summed E-state index contributed by atoms with van der Waals surface area (Å²) in [5.41, 5.74) is 10.1. The van der Waals surface area contributed by atoms with Crippen LogP contribution in [0.2, 0.25) is 0 Å². The van der Waals surface area contributed by atoms with Gasteiger partial charge in [-0.3, -0.25) is 0 Å². The Morgan fingerprint density at radius 1 is 1.21 bits per heavy atom. The zero-order chi connectivity index (χ0) is 18.1. The van der Waals surface area contributed by atoms with Crippen LogP contribution in [0, 0.1) is 11.3 Å². The van der Waals surface area contributed by atoms with Crippen LogP contribution in [0.15, 0.2) is 18.2 Å². The first-order valence-corrected chi connectivity index (χ1v) is 9.06. The Balaban J connectivity index is 0.00000140. The van der Waals surface area contributed by atoms with E-state index in [0.29, 0.717) is 23.2 Å². The molecule has 4 rings (SSSR count). The zero-order valence-corrected chi connectivity index (χ0v) is 17.4. The van der Waals surface area contributed by atoms with Crippen LogP contribution in [-0.4, -0.2) is 36.1 Å². The maximum atomic E-state index is 9.14. The molecule has 0 amide bonds. The molecule has 1 aliphatic heterocycles. The summed E-state index contributed by atoms with van der Waals surface area (Å²) in [5.74, 6) is 1.63. The van der Waals surface area contributed by atoms with E-state index in [2.05, 4.69) is 21.6 Å². The fraction of sp³-hybridized carbons (Fsp3) is 0.421. The minimum Gasteiger partial charge on any atom is -0.399 e. The highest BCUT2D eigenvalue weighted by Gasteiger charge is 2.28. The van der Waals surface area contributed by atoms with E-state index >= 15 is 0 Å². The smallest absolute Gasteiger partial charge is 0.229 e. The second-order valence-electron chi connectivity index (χ2n) is 6.95. The average molecular weight is 422 g/mol. The summed E-state index contributed by atoms with van der Waals surface area (Å²) in [6.45, 7) is 1.97. The van der Waals surface area contributed by atoms with Crippen molar-refractivity contribution in [2.45, 2.75) is 31.7 Å². The number of hydrogen-bond donors (Lipinski definition) is 3. The molecule has 0 bridgehead atoms. The van der Waals surface area contributed by atoms with Gasteiger partial charge in [0.15, 0.2) is 0 Å². The number of fused-ring (bicyclic) bond motifs is 1. The maximum absolute atomic E-state index is 9.14. The number of nitrogens with two attached hydrogens (primary N) is 1. The minimum atomic E-state index is 0. The van der Waals surface area contributed by atoms with Gasteiger partial charge in [0.1, 0.15) is 5.82 Å². The topological polar surface area (TPSA) is 103 Å². The molecule has 9 heteroatoms. The van der Waals surface area contributed by atoms with Gasteiger partial charge in [-0.15, -0.1) is 24.8 Å². The summed E-state index contributed by atoms with van der Waals surface area (Å²) in [7, 11) is 2.01. The molecular weight excluding hydrogens is 397 g/mol. The van der Waals surface area contributed by atoms with Crippen LogP contribution in [0.25, 0.3) is 0 Å². The average Bonchev–Trinajstić information content (AvgIpc) is 3.29. The number of rotatable bonds is 4. The van der Waals surface area contributed by atoms with E-state index in [-0.39, 0.29) is 24.8 Å². The predicted molar refractivity (Wildman–Crippen MR) is 117 cm³/mol. The highest BCUT2D eigenvalue weighted by Crippen LogP contribution is 2.32. The molecule has 28 heavy (non-hydrogen) atoms. The molecule has 0 saturated carbocycles. The lowest BCUT2D eigenvalue weighted by atomic mass is 10.2. The van der Waals surface area contributed by atoms with E-state index in [1.54, 1.807) is 18.2 Å². The molecule has 1 aromatic carbocycles. The second-order valence-corrected chi connectivity index (χ2v) is 6.95. The van der Waals surface area contributed by atoms with Gasteiger partial charge in [0.25, 0.3) is 0 Å². The Morgan fingerprint density at radius 2 is 2.04 bits per heavy atom. The number of nitriles is 1. The third-order valence-electron chi connectivity index (χ3n) is 5.15. The van der Waals surface area contributed by atoms with Gasteiger partial charge >= 0.3 is 0 Å². The van der Waals surface area contributed by atoms with Gasteiger partial charge in [-0.25, -0.2) is 4.98 Å². The van der Waals surface area contributed by atoms with Crippen molar-refractivity contribution in [1.82, 2.24) is 15.3 Å². The van der Waals surface area contributed by atoms with Crippen molar-refractivity contribution in [2.24, 2.45) is 0 Å². The molecule has 1 fully saturated rings. The number of anilines is 4. The summed E-state index contributed by atoms with van der Waals surface area (Å²) < 4.78 is 0. The molecular formula is C19H25Cl2N7. The van der Waals surface area contributed by atoms with Gasteiger partial charge in [-0.05, 0) is 50.9 Å². The zero-order valence-electron chi connectivity index (χ0n) is 15.7. The number of benzene rings is 1. The minimum absolute atomic E-state index is 0. The first-order chi connectivity index (χ1) is 12.7. The number of likely N-dealkylation sites (N-methyl/N-ethyl adjacent to an activating group) is 1. The molecule has 4 N–H and O–H groups in total. The summed E-state index contributed by atoms with van der Waals surface area (Å²) >= 11 is 0. The van der Waals surface area contributed by atoms with Crippen LogP contribution >= 0.6 is 24.8 Å². The number of nitrogen functional groups attached to an aromatic ring is 1. The van der Waals surface area contributed by atoms with Crippen LogP contribution in [0.3, 0.4) is 0 Å². The van der Waals surface area contributed by atoms with Crippen molar-refractivity contribution < 1.29 is 0 Å². The lowest BCUT2D eigenvalue weighted by Crippen LogP contribution is -2.30. The van der Waals surface area contributed by atoms with Gasteiger partial charge < -0.3 is 21.3 Å². The van der Waals surface area contributed by atoms with Gasteiger partial charge in [0.2, 0.25) is 5.95 Å². The summed E-state index contributed by atoms with van der Waals surface area (Å²) in [5, 5.41) is 15.7. The Labute approximate surface area is 177 Å². The fourth-order valence-electron chi connectivity index (χ4n) is 3.84. The Hall–Kier alpha value is -2.27. The number of halogens is 2. The molecule has 0 spiro atoms. The lowest BCUT2D eigenvalue weighted by Gasteiger charge is -2.21. The SMILES string of the molecule is CN[C@H]1CCN(c2nc(Nc3cc(N)cc(C#N)c3)nc3c2CCC3)C1.Cl.Cl. The van der Waals surface area contributed by atoms with Gasteiger partial charge in [0.05, 0.1) is 17.3 Å². The molecule has 2 heterocycles. The normalized spacial score (nSPS) is 17.3. The van der Waals surface area contributed by atoms with E-state index in [9.17, 15) is 0 Å². The molecule has 0 unspecified atom stereocenters. The van der Waals surface area contributed by atoms with E-state index in [0.717, 1.165) is 56.0 Å². The van der Waals surface area contributed by atoms with Crippen molar-refractivity contribution in [2.75, 3.05) is 36.1 Å². The highest BCUT2D eigenvalue weighted by atomic mass is 35.5. The van der Waals surface area contributed by atoms with Crippen LogP contribution in [0.4, 0.5) is 23.1 Å². The molecule has 1 aliphatic carbocycles. The van der Waals surface area contributed by atoms with Gasteiger partial charge in [-0.1, -0.05) is 0 Å².